The molecule has 6 nitrogen and oxygen atoms in total. The first-order chi connectivity index (χ1) is 9.43. The SMILES string of the molecule is CCC1CCN(C(=O)c2cn(C)nc2C)C(C(=O)O)C1. The van der Waals surface area contributed by atoms with Gasteiger partial charge in [-0.05, 0) is 25.7 Å². The minimum absolute atomic E-state index is 0.224. The topological polar surface area (TPSA) is 75.4 Å². The quantitative estimate of drug-likeness (QED) is 0.908. The minimum atomic E-state index is -0.918. The molecule has 110 valence electrons. The van der Waals surface area contributed by atoms with Crippen molar-refractivity contribution >= 4 is 11.9 Å². The van der Waals surface area contributed by atoms with E-state index in [1.54, 1.807) is 24.9 Å². The van der Waals surface area contributed by atoms with Crippen LogP contribution in [0.1, 0.15) is 42.2 Å². The molecule has 1 saturated heterocycles. The number of carbonyl (C=O) groups excluding carboxylic acids is 1. The van der Waals surface area contributed by atoms with Crippen LogP contribution in [0.2, 0.25) is 0 Å². The van der Waals surface area contributed by atoms with Gasteiger partial charge in [0.1, 0.15) is 6.04 Å². The van der Waals surface area contributed by atoms with Crippen molar-refractivity contribution in [1.29, 1.82) is 0 Å². The van der Waals surface area contributed by atoms with Crippen molar-refractivity contribution in [3.63, 3.8) is 0 Å². The van der Waals surface area contributed by atoms with Crippen molar-refractivity contribution in [1.82, 2.24) is 14.7 Å². The molecule has 0 bridgehead atoms. The standard InChI is InChI=1S/C14H21N3O3/c1-4-10-5-6-17(12(7-10)14(19)20)13(18)11-8-16(3)15-9(11)2/h8,10,12H,4-7H2,1-3H3,(H,19,20). The Bertz CT molecular complexity index is 524. The van der Waals surface area contributed by atoms with Gasteiger partial charge in [0.05, 0.1) is 11.3 Å². The Morgan fingerprint density at radius 2 is 2.20 bits per heavy atom. The first-order valence-electron chi connectivity index (χ1n) is 6.98. The molecule has 1 N–H and O–H groups in total. The molecule has 0 spiro atoms. The predicted octanol–water partition coefficient (Wildman–Crippen LogP) is 1.44. The summed E-state index contributed by atoms with van der Waals surface area (Å²) in [6.45, 7) is 4.33. The number of carbonyl (C=O) groups is 2. The van der Waals surface area contributed by atoms with Crippen LogP contribution in [0.15, 0.2) is 6.20 Å². The van der Waals surface area contributed by atoms with Crippen LogP contribution in [-0.2, 0) is 11.8 Å². The van der Waals surface area contributed by atoms with Gasteiger partial charge in [-0.1, -0.05) is 13.3 Å². The van der Waals surface area contributed by atoms with Crippen LogP contribution in [0.3, 0.4) is 0 Å². The molecule has 2 unspecified atom stereocenters. The Labute approximate surface area is 118 Å². The van der Waals surface area contributed by atoms with Gasteiger partial charge in [-0.2, -0.15) is 5.10 Å². The van der Waals surface area contributed by atoms with Gasteiger partial charge in [-0.15, -0.1) is 0 Å². The van der Waals surface area contributed by atoms with E-state index in [2.05, 4.69) is 12.0 Å². The lowest BCUT2D eigenvalue weighted by Crippen LogP contribution is -2.50. The molecule has 1 aliphatic rings. The fourth-order valence-electron chi connectivity index (χ4n) is 2.85. The van der Waals surface area contributed by atoms with Crippen LogP contribution < -0.4 is 0 Å². The molecule has 1 aliphatic heterocycles. The second-order valence-corrected chi connectivity index (χ2v) is 5.45. The molecule has 20 heavy (non-hydrogen) atoms. The molecule has 2 rings (SSSR count). The van der Waals surface area contributed by atoms with E-state index in [0.29, 0.717) is 30.1 Å². The van der Waals surface area contributed by atoms with E-state index in [-0.39, 0.29) is 5.91 Å². The number of carboxylic acids is 1. The van der Waals surface area contributed by atoms with E-state index < -0.39 is 12.0 Å². The van der Waals surface area contributed by atoms with E-state index in [4.69, 9.17) is 0 Å². The summed E-state index contributed by atoms with van der Waals surface area (Å²) in [5, 5.41) is 13.5. The molecule has 0 radical (unpaired) electrons. The van der Waals surface area contributed by atoms with Crippen molar-refractivity contribution in [2.45, 2.75) is 39.2 Å². The molecular weight excluding hydrogens is 258 g/mol. The van der Waals surface area contributed by atoms with Gasteiger partial charge >= 0.3 is 5.97 Å². The second-order valence-electron chi connectivity index (χ2n) is 5.45. The Balaban J connectivity index is 2.23. The van der Waals surface area contributed by atoms with Gasteiger partial charge in [0.2, 0.25) is 0 Å². The number of aromatic nitrogens is 2. The van der Waals surface area contributed by atoms with Crippen molar-refractivity contribution in [2.75, 3.05) is 6.54 Å². The molecule has 0 aliphatic carbocycles. The van der Waals surface area contributed by atoms with E-state index in [0.717, 1.165) is 12.8 Å². The first-order valence-corrected chi connectivity index (χ1v) is 6.98. The smallest absolute Gasteiger partial charge is 0.326 e. The van der Waals surface area contributed by atoms with Crippen molar-refractivity contribution < 1.29 is 14.7 Å². The lowest BCUT2D eigenvalue weighted by Gasteiger charge is -2.36. The van der Waals surface area contributed by atoms with Gasteiger partial charge in [0.15, 0.2) is 0 Å². The number of hydrogen-bond donors (Lipinski definition) is 1. The maximum atomic E-state index is 12.6. The molecule has 2 atom stereocenters. The summed E-state index contributed by atoms with van der Waals surface area (Å²) in [7, 11) is 1.75. The molecule has 0 saturated carbocycles. The van der Waals surface area contributed by atoms with E-state index in [1.165, 1.54) is 4.90 Å². The summed E-state index contributed by atoms with van der Waals surface area (Å²) < 4.78 is 1.58. The third-order valence-electron chi connectivity index (χ3n) is 4.08. The minimum Gasteiger partial charge on any atom is -0.480 e. The number of nitrogens with zero attached hydrogens (tertiary/aromatic N) is 3. The van der Waals surface area contributed by atoms with E-state index >= 15 is 0 Å². The molecule has 2 heterocycles. The molecule has 0 aromatic carbocycles. The van der Waals surface area contributed by atoms with Gasteiger partial charge in [0, 0.05) is 19.8 Å². The summed E-state index contributed by atoms with van der Waals surface area (Å²) in [6.07, 6.45) is 4.02. The van der Waals surface area contributed by atoms with E-state index in [9.17, 15) is 14.7 Å². The molecule has 1 aromatic heterocycles. The van der Waals surface area contributed by atoms with Gasteiger partial charge in [0.25, 0.3) is 5.91 Å². The monoisotopic (exact) mass is 279 g/mol. The van der Waals surface area contributed by atoms with Crippen LogP contribution >= 0.6 is 0 Å². The Morgan fingerprint density at radius 3 is 2.70 bits per heavy atom. The van der Waals surface area contributed by atoms with Crippen molar-refractivity contribution in [3.05, 3.63) is 17.5 Å². The third-order valence-corrected chi connectivity index (χ3v) is 4.08. The van der Waals surface area contributed by atoms with Gasteiger partial charge in [-0.3, -0.25) is 9.48 Å². The maximum Gasteiger partial charge on any atom is 0.326 e. The summed E-state index contributed by atoms with van der Waals surface area (Å²) in [4.78, 5) is 25.5. The number of piperidine rings is 1. The van der Waals surface area contributed by atoms with Crippen LogP contribution in [0, 0.1) is 12.8 Å². The first kappa shape index (κ1) is 14.6. The van der Waals surface area contributed by atoms with Gasteiger partial charge in [-0.25, -0.2) is 4.79 Å². The van der Waals surface area contributed by atoms with Crippen LogP contribution in [0.25, 0.3) is 0 Å². The second kappa shape index (κ2) is 5.64. The fraction of sp³-hybridized carbons (Fsp3) is 0.643. The summed E-state index contributed by atoms with van der Waals surface area (Å²) in [5.41, 5.74) is 1.13. The maximum absolute atomic E-state index is 12.6. The number of aliphatic carboxylic acids is 1. The highest BCUT2D eigenvalue weighted by Gasteiger charge is 2.36. The summed E-state index contributed by atoms with van der Waals surface area (Å²) >= 11 is 0. The zero-order chi connectivity index (χ0) is 14.9. The zero-order valence-corrected chi connectivity index (χ0v) is 12.2. The van der Waals surface area contributed by atoms with Crippen molar-refractivity contribution in [2.24, 2.45) is 13.0 Å². The highest BCUT2D eigenvalue weighted by Crippen LogP contribution is 2.27. The third kappa shape index (κ3) is 2.69. The lowest BCUT2D eigenvalue weighted by molar-refractivity contribution is -0.144. The number of rotatable bonds is 3. The number of carboxylic acid groups (broad SMARTS) is 1. The Morgan fingerprint density at radius 1 is 1.50 bits per heavy atom. The van der Waals surface area contributed by atoms with Crippen LogP contribution in [-0.4, -0.2) is 44.3 Å². The Hall–Kier alpha value is -1.85. The summed E-state index contributed by atoms with van der Waals surface area (Å²) in [6, 6.07) is -0.721. The number of hydrogen-bond acceptors (Lipinski definition) is 3. The van der Waals surface area contributed by atoms with Crippen LogP contribution in [0.4, 0.5) is 0 Å². The van der Waals surface area contributed by atoms with Gasteiger partial charge < -0.3 is 10.0 Å². The Kier molecular flexibility index (Phi) is 4.11. The molecule has 1 aromatic rings. The molecule has 1 amide bonds. The number of amides is 1. The summed E-state index contributed by atoms with van der Waals surface area (Å²) in [5.74, 6) is -0.759. The largest absolute Gasteiger partial charge is 0.480 e. The fourth-order valence-corrected chi connectivity index (χ4v) is 2.85. The zero-order valence-electron chi connectivity index (χ0n) is 12.2. The normalized spacial score (nSPS) is 22.9. The molecule has 1 fully saturated rings. The van der Waals surface area contributed by atoms with Crippen LogP contribution in [0.5, 0.6) is 0 Å². The number of likely N-dealkylation sites (tertiary alicyclic amines) is 1. The average Bonchev–Trinajstić information content (AvgIpc) is 2.76. The highest BCUT2D eigenvalue weighted by molar-refractivity contribution is 5.97. The highest BCUT2D eigenvalue weighted by atomic mass is 16.4. The molecular formula is C14H21N3O3. The predicted molar refractivity (Wildman–Crippen MR) is 73.4 cm³/mol. The molecule has 6 heteroatoms. The van der Waals surface area contributed by atoms with E-state index in [1.807, 2.05) is 0 Å². The van der Waals surface area contributed by atoms with Crippen molar-refractivity contribution in [3.8, 4) is 0 Å². The average molecular weight is 279 g/mol. The number of aryl methyl sites for hydroxylation is 2. The lowest BCUT2D eigenvalue weighted by atomic mass is 9.88.